The minimum Gasteiger partial charge on any atom is -0.490 e. The fourth-order valence-corrected chi connectivity index (χ4v) is 4.00. The second kappa shape index (κ2) is 7.96. The number of aryl methyl sites for hydroxylation is 2. The molecule has 32 heavy (non-hydrogen) atoms. The molecule has 4 rings (SSSR count). The van der Waals surface area contributed by atoms with Crippen molar-refractivity contribution in [2.75, 3.05) is 7.11 Å². The summed E-state index contributed by atoms with van der Waals surface area (Å²) >= 11 is 1.13. The van der Waals surface area contributed by atoms with Gasteiger partial charge in [0.15, 0.2) is 22.1 Å². The molecule has 0 atom stereocenters. The zero-order valence-corrected chi connectivity index (χ0v) is 18.4. The zero-order chi connectivity index (χ0) is 23.2. The topological polar surface area (TPSA) is 145 Å². The highest BCUT2D eigenvalue weighted by atomic mass is 32.2. The van der Waals surface area contributed by atoms with E-state index in [9.17, 15) is 19.7 Å². The van der Waals surface area contributed by atoms with Crippen LogP contribution in [0, 0.1) is 10.1 Å². The molecular formula is C18H18N8O5S. The maximum absolute atomic E-state index is 12.5. The standard InChI is InChI=1S/C18H18N8O5S/c1-22-13-14(23(2)18(28)24(3)15(13)27)20-17(22)32-16-19-9-25(21-16)8-10-5-6-12(31-4)11(7-10)26(29)30/h5-7,9H,8H2,1-4H3. The Kier molecular flexibility index (Phi) is 5.30. The Hall–Kier alpha value is -3.94. The largest absolute Gasteiger partial charge is 0.490 e. The van der Waals surface area contributed by atoms with Crippen molar-refractivity contribution in [3.63, 3.8) is 0 Å². The molecule has 0 fully saturated rings. The summed E-state index contributed by atoms with van der Waals surface area (Å²) in [7, 11) is 6.01. The number of nitrogens with zero attached hydrogens (tertiary/aromatic N) is 8. The van der Waals surface area contributed by atoms with Gasteiger partial charge in [0.25, 0.3) is 5.56 Å². The van der Waals surface area contributed by atoms with E-state index in [0.717, 1.165) is 16.3 Å². The minimum atomic E-state index is -0.506. The van der Waals surface area contributed by atoms with Crippen molar-refractivity contribution in [2.45, 2.75) is 16.9 Å². The molecule has 0 aliphatic carbocycles. The molecule has 0 unspecified atom stereocenters. The predicted molar refractivity (Wildman–Crippen MR) is 114 cm³/mol. The molecule has 0 N–H and O–H groups in total. The van der Waals surface area contributed by atoms with Gasteiger partial charge in [-0.3, -0.25) is 24.0 Å². The normalized spacial score (nSPS) is 11.2. The number of fused-ring (bicyclic) bond motifs is 1. The highest BCUT2D eigenvalue weighted by Gasteiger charge is 2.19. The summed E-state index contributed by atoms with van der Waals surface area (Å²) in [4.78, 5) is 44.0. The van der Waals surface area contributed by atoms with E-state index in [1.54, 1.807) is 24.7 Å². The lowest BCUT2D eigenvalue weighted by Crippen LogP contribution is -2.37. The minimum absolute atomic E-state index is 0.133. The Morgan fingerprint density at radius 1 is 1.16 bits per heavy atom. The van der Waals surface area contributed by atoms with Crippen LogP contribution in [0.4, 0.5) is 5.69 Å². The molecule has 0 spiro atoms. The van der Waals surface area contributed by atoms with Crippen molar-refractivity contribution in [3.05, 3.63) is 61.0 Å². The Bertz CT molecular complexity index is 1480. The Morgan fingerprint density at radius 2 is 1.91 bits per heavy atom. The van der Waals surface area contributed by atoms with Gasteiger partial charge in [-0.2, -0.15) is 0 Å². The molecule has 0 aliphatic heterocycles. The average molecular weight is 458 g/mol. The van der Waals surface area contributed by atoms with E-state index in [-0.39, 0.29) is 23.6 Å². The molecule has 0 saturated heterocycles. The number of nitro benzene ring substituents is 1. The van der Waals surface area contributed by atoms with Gasteiger partial charge in [0.05, 0.1) is 18.6 Å². The monoisotopic (exact) mass is 458 g/mol. The van der Waals surface area contributed by atoms with Crippen LogP contribution in [0.25, 0.3) is 11.2 Å². The molecule has 14 heteroatoms. The number of hydrogen-bond donors (Lipinski definition) is 0. The van der Waals surface area contributed by atoms with Gasteiger partial charge in [-0.15, -0.1) is 5.10 Å². The van der Waals surface area contributed by atoms with Gasteiger partial charge in [-0.25, -0.2) is 19.4 Å². The SMILES string of the molecule is COc1ccc(Cn2cnc(Sc3nc4c(c(=O)n(C)c(=O)n4C)n3C)n2)cc1[N+](=O)[O-]. The molecule has 0 saturated carbocycles. The lowest BCUT2D eigenvalue weighted by molar-refractivity contribution is -0.385. The Balaban J connectivity index is 1.62. The first kappa shape index (κ1) is 21.3. The molecule has 3 heterocycles. The van der Waals surface area contributed by atoms with Gasteiger partial charge in [-0.05, 0) is 23.4 Å². The van der Waals surface area contributed by atoms with Crippen LogP contribution >= 0.6 is 11.8 Å². The summed E-state index contributed by atoms with van der Waals surface area (Å²) in [6, 6.07) is 4.67. The molecule has 0 aliphatic rings. The molecule has 1 aromatic carbocycles. The summed E-state index contributed by atoms with van der Waals surface area (Å²) in [6.07, 6.45) is 1.50. The zero-order valence-electron chi connectivity index (χ0n) is 17.5. The number of benzene rings is 1. The van der Waals surface area contributed by atoms with Crippen molar-refractivity contribution in [1.82, 2.24) is 33.4 Å². The van der Waals surface area contributed by atoms with E-state index in [1.807, 2.05) is 0 Å². The van der Waals surface area contributed by atoms with E-state index >= 15 is 0 Å². The number of ether oxygens (including phenoxy) is 1. The second-order valence-electron chi connectivity index (χ2n) is 6.92. The third kappa shape index (κ3) is 3.53. The summed E-state index contributed by atoms with van der Waals surface area (Å²) in [5, 5.41) is 16.4. The molecular weight excluding hydrogens is 440 g/mol. The van der Waals surface area contributed by atoms with Crippen molar-refractivity contribution < 1.29 is 9.66 Å². The highest BCUT2D eigenvalue weighted by molar-refractivity contribution is 7.99. The first-order valence-corrected chi connectivity index (χ1v) is 10.0. The quantitative estimate of drug-likeness (QED) is 0.301. The van der Waals surface area contributed by atoms with Crippen LogP contribution in [-0.2, 0) is 27.7 Å². The number of hydrogen-bond acceptors (Lipinski definition) is 9. The summed E-state index contributed by atoms with van der Waals surface area (Å²) < 4.78 is 10.5. The van der Waals surface area contributed by atoms with Crippen LogP contribution in [0.1, 0.15) is 5.56 Å². The van der Waals surface area contributed by atoms with Crippen LogP contribution in [0.2, 0.25) is 0 Å². The fraction of sp³-hybridized carbons (Fsp3) is 0.278. The average Bonchev–Trinajstić information content (AvgIpc) is 3.35. The van der Waals surface area contributed by atoms with Crippen LogP contribution in [-0.4, -0.2) is 45.5 Å². The van der Waals surface area contributed by atoms with Gasteiger partial charge in [0.2, 0.25) is 5.16 Å². The van der Waals surface area contributed by atoms with Crippen LogP contribution in [0.3, 0.4) is 0 Å². The Labute approximate surface area is 184 Å². The maximum Gasteiger partial charge on any atom is 0.332 e. The highest BCUT2D eigenvalue weighted by Crippen LogP contribution is 2.28. The van der Waals surface area contributed by atoms with Crippen LogP contribution in [0.5, 0.6) is 5.75 Å². The van der Waals surface area contributed by atoms with Crippen LogP contribution in [0.15, 0.2) is 44.4 Å². The van der Waals surface area contributed by atoms with Crippen molar-refractivity contribution >= 4 is 28.6 Å². The summed E-state index contributed by atoms with van der Waals surface area (Å²) in [5.74, 6) is 0.177. The summed E-state index contributed by atoms with van der Waals surface area (Å²) in [5.41, 5.74) is 0.180. The molecule has 0 amide bonds. The van der Waals surface area contributed by atoms with Gasteiger partial charge < -0.3 is 9.30 Å². The van der Waals surface area contributed by atoms with E-state index in [4.69, 9.17) is 4.74 Å². The van der Waals surface area contributed by atoms with E-state index in [0.29, 0.717) is 21.4 Å². The number of nitro groups is 1. The second-order valence-corrected chi connectivity index (χ2v) is 7.86. The van der Waals surface area contributed by atoms with Crippen molar-refractivity contribution in [2.24, 2.45) is 21.1 Å². The predicted octanol–water partition coefficient (Wildman–Crippen LogP) is 0.678. The fourth-order valence-electron chi connectivity index (χ4n) is 3.24. The third-order valence-electron chi connectivity index (χ3n) is 4.92. The molecule has 166 valence electrons. The first-order chi connectivity index (χ1) is 15.2. The first-order valence-electron chi connectivity index (χ1n) is 9.22. The third-order valence-corrected chi connectivity index (χ3v) is 5.83. The molecule has 3 aromatic heterocycles. The number of rotatable bonds is 6. The lowest BCUT2D eigenvalue weighted by atomic mass is 10.2. The number of methoxy groups -OCH3 is 1. The smallest absolute Gasteiger partial charge is 0.332 e. The Morgan fingerprint density at radius 3 is 2.59 bits per heavy atom. The lowest BCUT2D eigenvalue weighted by Gasteiger charge is -2.05. The molecule has 0 radical (unpaired) electrons. The van der Waals surface area contributed by atoms with E-state index in [1.165, 1.54) is 41.9 Å². The van der Waals surface area contributed by atoms with Gasteiger partial charge in [0.1, 0.15) is 6.33 Å². The molecule has 4 aromatic rings. The molecule has 0 bridgehead atoms. The van der Waals surface area contributed by atoms with Crippen molar-refractivity contribution in [3.8, 4) is 5.75 Å². The van der Waals surface area contributed by atoms with E-state index in [2.05, 4.69) is 15.1 Å². The number of imidazole rings is 1. The van der Waals surface area contributed by atoms with E-state index < -0.39 is 16.2 Å². The van der Waals surface area contributed by atoms with Gasteiger partial charge in [0, 0.05) is 27.2 Å². The van der Waals surface area contributed by atoms with Gasteiger partial charge in [-0.1, -0.05) is 6.07 Å². The summed E-state index contributed by atoms with van der Waals surface area (Å²) in [6.45, 7) is 0.260. The van der Waals surface area contributed by atoms with Crippen molar-refractivity contribution in [1.29, 1.82) is 0 Å². The molecule has 13 nitrogen and oxygen atoms in total. The maximum atomic E-state index is 12.5. The van der Waals surface area contributed by atoms with Crippen LogP contribution < -0.4 is 16.0 Å². The number of aromatic nitrogens is 7. The van der Waals surface area contributed by atoms with Gasteiger partial charge >= 0.3 is 11.4 Å².